The van der Waals surface area contributed by atoms with Crippen LogP contribution in [0.3, 0.4) is 0 Å². The van der Waals surface area contributed by atoms with Gasteiger partial charge in [-0.15, -0.1) is 0 Å². The quantitative estimate of drug-likeness (QED) is 0.927. The first-order chi connectivity index (χ1) is 11.7. The lowest BCUT2D eigenvalue weighted by Crippen LogP contribution is -2.43. The van der Waals surface area contributed by atoms with E-state index < -0.39 is 0 Å². The smallest absolute Gasteiger partial charge is 0.271 e. The highest BCUT2D eigenvalue weighted by molar-refractivity contribution is 5.94. The molecule has 2 amide bonds. The van der Waals surface area contributed by atoms with E-state index >= 15 is 0 Å². The molecule has 1 fully saturated rings. The summed E-state index contributed by atoms with van der Waals surface area (Å²) in [6.45, 7) is 1.43. The maximum absolute atomic E-state index is 12.3. The molecule has 0 radical (unpaired) electrons. The van der Waals surface area contributed by atoms with Crippen LogP contribution < -0.4 is 5.32 Å². The monoisotopic (exact) mass is 324 g/mol. The van der Waals surface area contributed by atoms with E-state index in [0.29, 0.717) is 5.92 Å². The minimum Gasteiger partial charge on any atom is -0.342 e. The van der Waals surface area contributed by atoms with E-state index in [2.05, 4.69) is 39.6 Å². The van der Waals surface area contributed by atoms with Gasteiger partial charge in [0.15, 0.2) is 0 Å². The molecule has 1 aromatic carbocycles. The highest BCUT2D eigenvalue weighted by Crippen LogP contribution is 2.27. The second kappa shape index (κ2) is 7.68. The third-order valence-corrected chi connectivity index (χ3v) is 4.31. The Morgan fingerprint density at radius 3 is 2.54 bits per heavy atom. The lowest BCUT2D eigenvalue weighted by Gasteiger charge is -2.32. The van der Waals surface area contributed by atoms with Crippen LogP contribution in [0, 0.1) is 0 Å². The van der Waals surface area contributed by atoms with Crippen molar-refractivity contribution in [2.75, 3.05) is 19.6 Å². The molecule has 124 valence electrons. The standard InChI is InChI=1S/C18H20N4O2/c23-17(13-21-18(24)16-12-19-8-9-20-16)22-10-6-15(7-11-22)14-4-2-1-3-5-14/h1-5,8-9,12,15H,6-7,10-11,13H2,(H,21,24). The highest BCUT2D eigenvalue weighted by Gasteiger charge is 2.23. The molecule has 0 saturated carbocycles. The molecule has 1 saturated heterocycles. The van der Waals surface area contributed by atoms with Crippen LogP contribution in [0.5, 0.6) is 0 Å². The van der Waals surface area contributed by atoms with Gasteiger partial charge in [-0.05, 0) is 24.3 Å². The van der Waals surface area contributed by atoms with Crippen molar-refractivity contribution in [1.29, 1.82) is 0 Å². The molecule has 2 aromatic rings. The van der Waals surface area contributed by atoms with Crippen LogP contribution >= 0.6 is 0 Å². The summed E-state index contributed by atoms with van der Waals surface area (Å²) in [6.07, 6.45) is 6.23. The van der Waals surface area contributed by atoms with E-state index in [0.717, 1.165) is 25.9 Å². The predicted molar refractivity (Wildman–Crippen MR) is 89.4 cm³/mol. The maximum atomic E-state index is 12.3. The molecule has 24 heavy (non-hydrogen) atoms. The third kappa shape index (κ3) is 3.95. The molecule has 0 spiro atoms. The van der Waals surface area contributed by atoms with Gasteiger partial charge in [0.2, 0.25) is 5.91 Å². The molecule has 6 nitrogen and oxygen atoms in total. The molecule has 3 rings (SSSR count). The van der Waals surface area contributed by atoms with Gasteiger partial charge in [0.05, 0.1) is 12.7 Å². The number of nitrogens with one attached hydrogen (secondary N) is 1. The van der Waals surface area contributed by atoms with Gasteiger partial charge < -0.3 is 10.2 Å². The van der Waals surface area contributed by atoms with Crippen molar-refractivity contribution < 1.29 is 9.59 Å². The third-order valence-electron chi connectivity index (χ3n) is 4.31. The number of hydrogen-bond acceptors (Lipinski definition) is 4. The molecule has 6 heteroatoms. The van der Waals surface area contributed by atoms with E-state index in [1.807, 2.05) is 11.0 Å². The highest BCUT2D eigenvalue weighted by atomic mass is 16.2. The van der Waals surface area contributed by atoms with Crippen molar-refractivity contribution in [2.24, 2.45) is 0 Å². The SMILES string of the molecule is O=C(NCC(=O)N1CCC(c2ccccc2)CC1)c1cnccn1. The molecule has 0 aliphatic carbocycles. The topological polar surface area (TPSA) is 75.2 Å². The van der Waals surface area contributed by atoms with E-state index in [4.69, 9.17) is 0 Å². The largest absolute Gasteiger partial charge is 0.342 e. The Kier molecular flexibility index (Phi) is 5.15. The fraction of sp³-hybridized carbons (Fsp3) is 0.333. The molecule has 0 atom stereocenters. The summed E-state index contributed by atoms with van der Waals surface area (Å²) >= 11 is 0. The first-order valence-electron chi connectivity index (χ1n) is 8.11. The Labute approximate surface area is 140 Å². The molecule has 2 heterocycles. The maximum Gasteiger partial charge on any atom is 0.271 e. The predicted octanol–water partition coefficient (Wildman–Crippen LogP) is 1.61. The molecule has 1 N–H and O–H groups in total. The Balaban J connectivity index is 1.46. The number of amides is 2. The Morgan fingerprint density at radius 1 is 1.12 bits per heavy atom. The van der Waals surface area contributed by atoms with Crippen LogP contribution in [0.25, 0.3) is 0 Å². The lowest BCUT2D eigenvalue weighted by atomic mass is 9.89. The lowest BCUT2D eigenvalue weighted by molar-refractivity contribution is -0.131. The summed E-state index contributed by atoms with van der Waals surface area (Å²) in [5.41, 5.74) is 1.55. The van der Waals surface area contributed by atoms with Crippen molar-refractivity contribution in [2.45, 2.75) is 18.8 Å². The van der Waals surface area contributed by atoms with Gasteiger partial charge in [-0.3, -0.25) is 14.6 Å². The summed E-state index contributed by atoms with van der Waals surface area (Å²) in [5.74, 6) is 0.0683. The molecule has 1 aromatic heterocycles. The van der Waals surface area contributed by atoms with Gasteiger partial charge in [-0.25, -0.2) is 4.98 Å². The van der Waals surface area contributed by atoms with E-state index in [1.54, 1.807) is 0 Å². The molecular formula is C18H20N4O2. The van der Waals surface area contributed by atoms with Crippen LogP contribution in [0.4, 0.5) is 0 Å². The van der Waals surface area contributed by atoms with E-state index in [1.165, 1.54) is 24.2 Å². The molecule has 1 aliphatic heterocycles. The number of rotatable bonds is 4. The molecule has 1 aliphatic rings. The second-order valence-corrected chi connectivity index (χ2v) is 5.84. The summed E-state index contributed by atoms with van der Waals surface area (Å²) in [7, 11) is 0. The first-order valence-corrected chi connectivity index (χ1v) is 8.11. The van der Waals surface area contributed by atoms with Crippen molar-refractivity contribution in [3.05, 3.63) is 60.2 Å². The number of benzene rings is 1. The average molecular weight is 324 g/mol. The number of carbonyl (C=O) groups excluding carboxylic acids is 2. The molecule has 0 unspecified atom stereocenters. The summed E-state index contributed by atoms with van der Waals surface area (Å²) in [4.78, 5) is 33.7. The summed E-state index contributed by atoms with van der Waals surface area (Å²) in [6, 6.07) is 10.4. The Hall–Kier alpha value is -2.76. The van der Waals surface area contributed by atoms with Crippen molar-refractivity contribution >= 4 is 11.8 Å². The minimum atomic E-state index is -0.379. The number of piperidine rings is 1. The van der Waals surface area contributed by atoms with Crippen molar-refractivity contribution in [3.63, 3.8) is 0 Å². The van der Waals surface area contributed by atoms with E-state index in [9.17, 15) is 9.59 Å². The first kappa shape index (κ1) is 16.1. The van der Waals surface area contributed by atoms with Gasteiger partial charge in [0.25, 0.3) is 5.91 Å². The fourth-order valence-electron chi connectivity index (χ4n) is 2.96. The Morgan fingerprint density at radius 2 is 1.88 bits per heavy atom. The van der Waals surface area contributed by atoms with Crippen LogP contribution in [-0.2, 0) is 4.79 Å². The van der Waals surface area contributed by atoms with Gasteiger partial charge in [-0.2, -0.15) is 0 Å². The number of nitrogens with zero attached hydrogens (tertiary/aromatic N) is 3. The van der Waals surface area contributed by atoms with Gasteiger partial charge in [0, 0.05) is 25.5 Å². The van der Waals surface area contributed by atoms with Crippen LogP contribution in [0.1, 0.15) is 34.8 Å². The number of aromatic nitrogens is 2. The van der Waals surface area contributed by atoms with Crippen LogP contribution in [-0.4, -0.2) is 46.3 Å². The van der Waals surface area contributed by atoms with Crippen LogP contribution in [0.15, 0.2) is 48.9 Å². The van der Waals surface area contributed by atoms with Gasteiger partial charge >= 0.3 is 0 Å². The minimum absolute atomic E-state index is 0.00852. The molecular weight excluding hydrogens is 304 g/mol. The zero-order chi connectivity index (χ0) is 16.8. The second-order valence-electron chi connectivity index (χ2n) is 5.84. The number of hydrogen-bond donors (Lipinski definition) is 1. The normalized spacial score (nSPS) is 15.1. The summed E-state index contributed by atoms with van der Waals surface area (Å²) < 4.78 is 0. The average Bonchev–Trinajstić information content (AvgIpc) is 2.67. The van der Waals surface area contributed by atoms with Gasteiger partial charge in [0.1, 0.15) is 5.69 Å². The van der Waals surface area contributed by atoms with E-state index in [-0.39, 0.29) is 24.1 Å². The number of likely N-dealkylation sites (tertiary alicyclic amines) is 1. The molecule has 0 bridgehead atoms. The van der Waals surface area contributed by atoms with Gasteiger partial charge in [-0.1, -0.05) is 30.3 Å². The summed E-state index contributed by atoms with van der Waals surface area (Å²) in [5, 5.41) is 2.61. The van der Waals surface area contributed by atoms with Crippen molar-refractivity contribution in [3.8, 4) is 0 Å². The zero-order valence-electron chi connectivity index (χ0n) is 13.4. The number of carbonyl (C=O) groups is 2. The zero-order valence-corrected chi connectivity index (χ0v) is 13.4. The van der Waals surface area contributed by atoms with Crippen molar-refractivity contribution in [1.82, 2.24) is 20.2 Å². The fourth-order valence-corrected chi connectivity index (χ4v) is 2.96. The van der Waals surface area contributed by atoms with Crippen LogP contribution in [0.2, 0.25) is 0 Å². The Bertz CT molecular complexity index is 683.